The Morgan fingerprint density at radius 2 is 1.93 bits per heavy atom. The van der Waals surface area contributed by atoms with Crippen LogP contribution in [0, 0.1) is 11.8 Å². The summed E-state index contributed by atoms with van der Waals surface area (Å²) in [6, 6.07) is 3.95. The minimum Gasteiger partial charge on any atom is -0.356 e. The molecule has 0 aromatic carbocycles. The van der Waals surface area contributed by atoms with Gasteiger partial charge in [-0.15, -0.1) is 0 Å². The van der Waals surface area contributed by atoms with E-state index >= 15 is 0 Å². The van der Waals surface area contributed by atoms with Crippen LogP contribution in [0.2, 0.25) is 0 Å². The van der Waals surface area contributed by atoms with Crippen molar-refractivity contribution in [2.75, 3.05) is 29.9 Å². The van der Waals surface area contributed by atoms with Crippen LogP contribution < -0.4 is 20.9 Å². The summed E-state index contributed by atoms with van der Waals surface area (Å²) in [6.45, 7) is 6.53. The van der Waals surface area contributed by atoms with E-state index in [1.54, 1.807) is 6.20 Å². The summed E-state index contributed by atoms with van der Waals surface area (Å²) in [7, 11) is 0. The van der Waals surface area contributed by atoms with E-state index < -0.39 is 0 Å². The largest absolute Gasteiger partial charge is 0.356 e. The van der Waals surface area contributed by atoms with Crippen molar-refractivity contribution in [3.05, 3.63) is 18.3 Å². The number of rotatable bonds is 7. The predicted octanol–water partition coefficient (Wildman–Crippen LogP) is 3.91. The van der Waals surface area contributed by atoms with E-state index in [0.29, 0.717) is 30.7 Å². The molecule has 2 heterocycles. The molecule has 30 heavy (non-hydrogen) atoms. The third-order valence-electron chi connectivity index (χ3n) is 6.08. The smallest absolute Gasteiger partial charge is 0.319 e. The average molecular weight is 416 g/mol. The fraction of sp³-hybridized carbons (Fsp3) is 0.696. The summed E-state index contributed by atoms with van der Waals surface area (Å²) >= 11 is 0. The van der Waals surface area contributed by atoms with Crippen molar-refractivity contribution in [2.24, 2.45) is 11.8 Å². The summed E-state index contributed by atoms with van der Waals surface area (Å²) in [5.41, 5.74) is 0.671. The van der Waals surface area contributed by atoms with Gasteiger partial charge in [0.05, 0.1) is 17.8 Å². The van der Waals surface area contributed by atoms with Crippen molar-refractivity contribution in [3.63, 3.8) is 0 Å². The number of carbonyl (C=O) groups is 2. The van der Waals surface area contributed by atoms with Crippen LogP contribution in [0.1, 0.15) is 65.2 Å². The average Bonchev–Trinajstić information content (AvgIpc) is 2.75. The lowest BCUT2D eigenvalue weighted by atomic mass is 9.93. The third kappa shape index (κ3) is 6.89. The van der Waals surface area contributed by atoms with Crippen LogP contribution in [0.15, 0.2) is 18.3 Å². The lowest BCUT2D eigenvalue weighted by Gasteiger charge is -2.34. The Morgan fingerprint density at radius 3 is 2.63 bits per heavy atom. The molecule has 2 fully saturated rings. The number of hydrogen-bond donors (Lipinski definition) is 3. The maximum atomic E-state index is 12.7. The molecule has 1 unspecified atom stereocenters. The highest BCUT2D eigenvalue weighted by atomic mass is 16.2. The van der Waals surface area contributed by atoms with Crippen molar-refractivity contribution in [2.45, 2.75) is 71.3 Å². The summed E-state index contributed by atoms with van der Waals surface area (Å²) in [4.78, 5) is 31.4. The van der Waals surface area contributed by atoms with Gasteiger partial charge in [0.1, 0.15) is 5.82 Å². The first-order valence-electron chi connectivity index (χ1n) is 11.6. The van der Waals surface area contributed by atoms with E-state index in [1.807, 2.05) is 12.1 Å². The second-order valence-electron chi connectivity index (χ2n) is 9.10. The molecule has 1 aromatic heterocycles. The first kappa shape index (κ1) is 22.4. The number of aromatic nitrogens is 1. The quantitative estimate of drug-likeness (QED) is 0.630. The van der Waals surface area contributed by atoms with Crippen LogP contribution in [-0.2, 0) is 4.79 Å². The number of pyridine rings is 1. The number of nitrogens with one attached hydrogen (secondary N) is 3. The molecule has 7 nitrogen and oxygen atoms in total. The predicted molar refractivity (Wildman–Crippen MR) is 121 cm³/mol. The minimum atomic E-state index is -0.206. The number of carbonyl (C=O) groups excluding carboxylic acids is 2. The van der Waals surface area contributed by atoms with Crippen LogP contribution >= 0.6 is 0 Å². The molecule has 1 atom stereocenters. The Balaban J connectivity index is 1.48. The molecule has 1 saturated heterocycles. The van der Waals surface area contributed by atoms with E-state index in [1.165, 1.54) is 19.3 Å². The number of nitrogens with zero attached hydrogens (tertiary/aromatic N) is 2. The molecule has 0 radical (unpaired) electrons. The molecule has 3 rings (SSSR count). The van der Waals surface area contributed by atoms with Crippen molar-refractivity contribution >= 4 is 23.4 Å². The maximum Gasteiger partial charge on any atom is 0.319 e. The zero-order valence-electron chi connectivity index (χ0n) is 18.5. The van der Waals surface area contributed by atoms with Crippen LogP contribution in [0.4, 0.5) is 16.3 Å². The van der Waals surface area contributed by atoms with Crippen molar-refractivity contribution in [1.29, 1.82) is 0 Å². The normalized spacial score (nSPS) is 20.1. The molecule has 1 aliphatic heterocycles. The molecule has 1 aliphatic carbocycles. The highest BCUT2D eigenvalue weighted by Gasteiger charge is 2.28. The van der Waals surface area contributed by atoms with Gasteiger partial charge < -0.3 is 20.9 Å². The second kappa shape index (κ2) is 11.2. The van der Waals surface area contributed by atoms with Gasteiger partial charge in [0.15, 0.2) is 0 Å². The monoisotopic (exact) mass is 415 g/mol. The number of hydrogen-bond acceptors (Lipinski definition) is 4. The molecule has 2 aliphatic rings. The molecule has 1 aromatic rings. The van der Waals surface area contributed by atoms with Crippen molar-refractivity contribution < 1.29 is 9.59 Å². The van der Waals surface area contributed by atoms with Crippen LogP contribution in [0.5, 0.6) is 0 Å². The standard InChI is InChI=1S/C23H37N5O2/c1-17(2)12-13-24-23(30)27-20-10-11-21(25-15-20)28-14-6-7-18(16-28)22(29)26-19-8-4-3-5-9-19/h10-11,15,17-19H,3-9,12-14,16H2,1-2H3,(H,26,29)(H2,24,27,30). The fourth-order valence-corrected chi connectivity index (χ4v) is 4.26. The minimum absolute atomic E-state index is 0.0204. The molecular formula is C23H37N5O2. The van der Waals surface area contributed by atoms with E-state index in [2.05, 4.69) is 39.7 Å². The van der Waals surface area contributed by atoms with Gasteiger partial charge in [0, 0.05) is 25.7 Å². The lowest BCUT2D eigenvalue weighted by molar-refractivity contribution is -0.126. The summed E-state index contributed by atoms with van der Waals surface area (Å²) < 4.78 is 0. The van der Waals surface area contributed by atoms with Gasteiger partial charge in [-0.25, -0.2) is 9.78 Å². The zero-order valence-corrected chi connectivity index (χ0v) is 18.5. The molecule has 3 N–H and O–H groups in total. The highest BCUT2D eigenvalue weighted by molar-refractivity contribution is 5.89. The van der Waals surface area contributed by atoms with Crippen LogP contribution in [-0.4, -0.2) is 42.6 Å². The van der Waals surface area contributed by atoms with E-state index in [0.717, 1.165) is 44.5 Å². The molecule has 0 spiro atoms. The Hall–Kier alpha value is -2.31. The summed E-state index contributed by atoms with van der Waals surface area (Å²) in [5, 5.41) is 8.96. The highest BCUT2D eigenvalue weighted by Crippen LogP contribution is 2.24. The molecule has 166 valence electrons. The Labute approximate surface area is 180 Å². The first-order chi connectivity index (χ1) is 14.5. The summed E-state index contributed by atoms with van der Waals surface area (Å²) in [6.07, 6.45) is 10.5. The molecule has 7 heteroatoms. The van der Waals surface area contributed by atoms with Crippen LogP contribution in [0.25, 0.3) is 0 Å². The second-order valence-corrected chi connectivity index (χ2v) is 9.10. The van der Waals surface area contributed by atoms with Crippen molar-refractivity contribution in [3.8, 4) is 0 Å². The van der Waals surface area contributed by atoms with E-state index in [-0.39, 0.29) is 17.9 Å². The number of anilines is 2. The van der Waals surface area contributed by atoms with Gasteiger partial charge in [-0.1, -0.05) is 33.1 Å². The molecule has 1 saturated carbocycles. The van der Waals surface area contributed by atoms with Gasteiger partial charge in [0.2, 0.25) is 5.91 Å². The van der Waals surface area contributed by atoms with Gasteiger partial charge >= 0.3 is 6.03 Å². The van der Waals surface area contributed by atoms with E-state index in [4.69, 9.17) is 0 Å². The first-order valence-corrected chi connectivity index (χ1v) is 11.6. The fourth-order valence-electron chi connectivity index (χ4n) is 4.26. The van der Waals surface area contributed by atoms with Gasteiger partial charge in [0.25, 0.3) is 0 Å². The molecule has 0 bridgehead atoms. The number of amides is 3. The topological polar surface area (TPSA) is 86.4 Å². The third-order valence-corrected chi connectivity index (χ3v) is 6.08. The van der Waals surface area contributed by atoms with Gasteiger partial charge in [-0.3, -0.25) is 4.79 Å². The lowest BCUT2D eigenvalue weighted by Crippen LogP contribution is -2.46. The molecule has 3 amide bonds. The molecular weight excluding hydrogens is 378 g/mol. The van der Waals surface area contributed by atoms with Crippen LogP contribution in [0.3, 0.4) is 0 Å². The Kier molecular flexibility index (Phi) is 8.34. The van der Waals surface area contributed by atoms with Gasteiger partial charge in [-0.2, -0.15) is 0 Å². The maximum absolute atomic E-state index is 12.7. The van der Waals surface area contributed by atoms with Crippen molar-refractivity contribution in [1.82, 2.24) is 15.6 Å². The summed E-state index contributed by atoms with van der Waals surface area (Å²) in [5.74, 6) is 1.63. The van der Waals surface area contributed by atoms with Gasteiger partial charge in [-0.05, 0) is 50.2 Å². The number of piperidine rings is 1. The Morgan fingerprint density at radius 1 is 1.13 bits per heavy atom. The SMILES string of the molecule is CC(C)CCNC(=O)Nc1ccc(N2CCCC(C(=O)NC3CCCCC3)C2)nc1. The Bertz CT molecular complexity index is 685. The van der Waals surface area contributed by atoms with E-state index in [9.17, 15) is 9.59 Å². The number of urea groups is 1. The zero-order chi connectivity index (χ0) is 21.3.